The smallest absolute Gasteiger partial charge is 0.308 e. The summed E-state index contributed by atoms with van der Waals surface area (Å²) < 4.78 is 15.9. The first-order valence-electron chi connectivity index (χ1n) is 7.48. The van der Waals surface area contributed by atoms with E-state index in [0.29, 0.717) is 22.3 Å². The number of ether oxygens (including phenoxy) is 2. The van der Waals surface area contributed by atoms with E-state index in [1.165, 1.54) is 32.0 Å². The molecule has 3 aromatic rings. The largest absolute Gasteiger partial charge is 0.456 e. The van der Waals surface area contributed by atoms with Crippen molar-refractivity contribution in [3.8, 4) is 22.8 Å². The first kappa shape index (κ1) is 16.4. The number of benzene rings is 2. The minimum atomic E-state index is -0.564. The van der Waals surface area contributed by atoms with Crippen LogP contribution < -0.4 is 14.9 Å². The fourth-order valence-corrected chi connectivity index (χ4v) is 2.38. The standard InChI is InChI=1S/C19H14O6/c1-11(20)23-17-8-7-13(9-19(17)24-12(2)21)18-10-15(22)14-5-3-4-6-16(14)25-18/h3-10H,1-2H3. The van der Waals surface area contributed by atoms with Gasteiger partial charge < -0.3 is 13.9 Å². The van der Waals surface area contributed by atoms with E-state index in [-0.39, 0.29) is 16.9 Å². The second-order valence-corrected chi connectivity index (χ2v) is 5.32. The van der Waals surface area contributed by atoms with Crippen LogP contribution in [0, 0.1) is 0 Å². The van der Waals surface area contributed by atoms with Crippen molar-refractivity contribution in [2.75, 3.05) is 0 Å². The molecule has 6 heteroatoms. The zero-order valence-electron chi connectivity index (χ0n) is 13.6. The van der Waals surface area contributed by atoms with Gasteiger partial charge in [-0.3, -0.25) is 14.4 Å². The molecule has 0 aliphatic heterocycles. The lowest BCUT2D eigenvalue weighted by atomic mass is 10.1. The zero-order valence-corrected chi connectivity index (χ0v) is 13.6. The van der Waals surface area contributed by atoms with E-state index in [9.17, 15) is 14.4 Å². The fraction of sp³-hybridized carbons (Fsp3) is 0.105. The molecule has 0 radical (unpaired) electrons. The van der Waals surface area contributed by atoms with Crippen LogP contribution in [0.3, 0.4) is 0 Å². The minimum Gasteiger partial charge on any atom is -0.456 e. The van der Waals surface area contributed by atoms with E-state index in [1.807, 2.05) is 0 Å². The van der Waals surface area contributed by atoms with Crippen LogP contribution in [0.5, 0.6) is 11.5 Å². The predicted octanol–water partition coefficient (Wildman–Crippen LogP) is 3.31. The Morgan fingerprint density at radius 2 is 1.56 bits per heavy atom. The van der Waals surface area contributed by atoms with Crippen molar-refractivity contribution in [1.29, 1.82) is 0 Å². The summed E-state index contributed by atoms with van der Waals surface area (Å²) in [5.41, 5.74) is 0.771. The lowest BCUT2D eigenvalue weighted by Crippen LogP contribution is -2.07. The molecule has 0 bridgehead atoms. The number of carbonyl (C=O) groups excluding carboxylic acids is 2. The molecule has 0 fully saturated rings. The van der Waals surface area contributed by atoms with Crippen LogP contribution in [-0.4, -0.2) is 11.9 Å². The topological polar surface area (TPSA) is 82.8 Å². The quantitative estimate of drug-likeness (QED) is 0.538. The van der Waals surface area contributed by atoms with E-state index in [4.69, 9.17) is 13.9 Å². The molecule has 0 amide bonds. The van der Waals surface area contributed by atoms with E-state index in [0.717, 1.165) is 0 Å². The second-order valence-electron chi connectivity index (χ2n) is 5.32. The summed E-state index contributed by atoms with van der Waals surface area (Å²) >= 11 is 0. The predicted molar refractivity (Wildman–Crippen MR) is 90.5 cm³/mol. The molecular formula is C19H14O6. The van der Waals surface area contributed by atoms with Gasteiger partial charge in [0.05, 0.1) is 5.39 Å². The molecular weight excluding hydrogens is 324 g/mol. The summed E-state index contributed by atoms with van der Waals surface area (Å²) in [4.78, 5) is 34.7. The summed E-state index contributed by atoms with van der Waals surface area (Å²) in [5.74, 6) is -0.624. The van der Waals surface area contributed by atoms with Crippen molar-refractivity contribution in [3.05, 3.63) is 58.8 Å². The number of para-hydroxylation sites is 1. The van der Waals surface area contributed by atoms with Gasteiger partial charge >= 0.3 is 11.9 Å². The number of fused-ring (bicyclic) bond motifs is 1. The first-order valence-corrected chi connectivity index (χ1v) is 7.48. The maximum atomic E-state index is 12.2. The summed E-state index contributed by atoms with van der Waals surface area (Å²) in [5, 5.41) is 0.475. The van der Waals surface area contributed by atoms with Crippen molar-refractivity contribution >= 4 is 22.9 Å². The molecule has 3 rings (SSSR count). The Labute approximate surface area is 142 Å². The van der Waals surface area contributed by atoms with E-state index in [1.54, 1.807) is 30.3 Å². The van der Waals surface area contributed by atoms with Gasteiger partial charge in [-0.1, -0.05) is 12.1 Å². The SMILES string of the molecule is CC(=O)Oc1ccc(-c2cc(=O)c3ccccc3o2)cc1OC(C)=O. The van der Waals surface area contributed by atoms with Crippen LogP contribution in [0.2, 0.25) is 0 Å². The molecule has 0 aliphatic carbocycles. The van der Waals surface area contributed by atoms with Crippen LogP contribution in [0.25, 0.3) is 22.3 Å². The molecule has 0 aliphatic rings. The second kappa shape index (κ2) is 6.60. The first-order chi connectivity index (χ1) is 11.9. The highest BCUT2D eigenvalue weighted by Gasteiger charge is 2.14. The van der Waals surface area contributed by atoms with Crippen LogP contribution in [-0.2, 0) is 9.59 Å². The van der Waals surface area contributed by atoms with Gasteiger partial charge in [-0.15, -0.1) is 0 Å². The highest BCUT2D eigenvalue weighted by atomic mass is 16.6. The molecule has 126 valence electrons. The molecule has 1 heterocycles. The van der Waals surface area contributed by atoms with Crippen LogP contribution in [0.4, 0.5) is 0 Å². The molecule has 0 unspecified atom stereocenters. The number of hydrogen-bond donors (Lipinski definition) is 0. The van der Waals surface area contributed by atoms with Gasteiger partial charge in [-0.05, 0) is 30.3 Å². The molecule has 0 atom stereocenters. The third-order valence-electron chi connectivity index (χ3n) is 3.37. The highest BCUT2D eigenvalue weighted by molar-refractivity contribution is 5.79. The van der Waals surface area contributed by atoms with Gasteiger partial charge in [0, 0.05) is 25.5 Å². The van der Waals surface area contributed by atoms with Crippen LogP contribution in [0.15, 0.2) is 57.7 Å². The van der Waals surface area contributed by atoms with Gasteiger partial charge in [0.1, 0.15) is 11.3 Å². The van der Waals surface area contributed by atoms with Crippen molar-refractivity contribution in [3.63, 3.8) is 0 Å². The van der Waals surface area contributed by atoms with Gasteiger partial charge in [-0.25, -0.2) is 0 Å². The minimum absolute atomic E-state index is 0.0657. The Hall–Kier alpha value is -3.41. The Morgan fingerprint density at radius 1 is 0.880 bits per heavy atom. The van der Waals surface area contributed by atoms with Crippen molar-refractivity contribution in [2.45, 2.75) is 13.8 Å². The van der Waals surface area contributed by atoms with Gasteiger partial charge in [-0.2, -0.15) is 0 Å². The maximum absolute atomic E-state index is 12.2. The van der Waals surface area contributed by atoms with E-state index in [2.05, 4.69) is 0 Å². The van der Waals surface area contributed by atoms with E-state index >= 15 is 0 Å². The number of hydrogen-bond acceptors (Lipinski definition) is 6. The Kier molecular flexibility index (Phi) is 4.35. The molecule has 25 heavy (non-hydrogen) atoms. The summed E-state index contributed by atoms with van der Waals surface area (Å²) in [6, 6.07) is 12.8. The van der Waals surface area contributed by atoms with Crippen molar-refractivity contribution in [2.24, 2.45) is 0 Å². The third kappa shape index (κ3) is 3.58. The Bertz CT molecular complexity index is 1030. The third-order valence-corrected chi connectivity index (χ3v) is 3.37. The lowest BCUT2D eigenvalue weighted by Gasteiger charge is -2.10. The summed E-state index contributed by atoms with van der Waals surface area (Å²) in [6.07, 6.45) is 0. The van der Waals surface area contributed by atoms with E-state index < -0.39 is 11.9 Å². The van der Waals surface area contributed by atoms with Crippen LogP contribution in [0.1, 0.15) is 13.8 Å². The molecule has 6 nitrogen and oxygen atoms in total. The Morgan fingerprint density at radius 3 is 2.28 bits per heavy atom. The molecule has 0 saturated heterocycles. The van der Waals surface area contributed by atoms with Gasteiger partial charge in [0.25, 0.3) is 0 Å². The average molecular weight is 338 g/mol. The summed E-state index contributed by atoms with van der Waals surface area (Å²) in [6.45, 7) is 2.48. The maximum Gasteiger partial charge on any atom is 0.308 e. The molecule has 2 aromatic carbocycles. The monoisotopic (exact) mass is 338 g/mol. The number of esters is 2. The molecule has 0 N–H and O–H groups in total. The Balaban J connectivity index is 2.12. The highest BCUT2D eigenvalue weighted by Crippen LogP contribution is 2.33. The number of rotatable bonds is 3. The van der Waals surface area contributed by atoms with Gasteiger partial charge in [0.15, 0.2) is 16.9 Å². The van der Waals surface area contributed by atoms with Gasteiger partial charge in [0.2, 0.25) is 0 Å². The van der Waals surface area contributed by atoms with Crippen molar-refractivity contribution in [1.82, 2.24) is 0 Å². The average Bonchev–Trinajstić information content (AvgIpc) is 2.55. The van der Waals surface area contributed by atoms with Crippen molar-refractivity contribution < 1.29 is 23.5 Å². The molecule has 0 saturated carbocycles. The fourth-order valence-electron chi connectivity index (χ4n) is 2.38. The lowest BCUT2D eigenvalue weighted by molar-refractivity contribution is -0.134. The normalized spacial score (nSPS) is 10.5. The van der Waals surface area contributed by atoms with Crippen LogP contribution >= 0.6 is 0 Å². The zero-order chi connectivity index (χ0) is 18.0. The molecule has 0 spiro atoms. The summed E-state index contributed by atoms with van der Waals surface area (Å²) in [7, 11) is 0. The molecule has 1 aromatic heterocycles. The number of carbonyl (C=O) groups is 2.